The van der Waals surface area contributed by atoms with Crippen molar-refractivity contribution in [3.8, 4) is 0 Å². The van der Waals surface area contributed by atoms with Gasteiger partial charge in [0.05, 0.1) is 10.9 Å². The van der Waals surface area contributed by atoms with Gasteiger partial charge in [0.1, 0.15) is 6.54 Å². The van der Waals surface area contributed by atoms with Gasteiger partial charge in [-0.2, -0.15) is 0 Å². The van der Waals surface area contributed by atoms with E-state index in [1.54, 1.807) is 12.1 Å². The molecule has 2 amide bonds. The van der Waals surface area contributed by atoms with Crippen LogP contribution in [0, 0.1) is 5.92 Å². The van der Waals surface area contributed by atoms with Crippen molar-refractivity contribution >= 4 is 28.5 Å². The first-order valence-electron chi connectivity index (χ1n) is 12.4. The summed E-state index contributed by atoms with van der Waals surface area (Å²) in [7, 11) is 0. The number of nitrogens with one attached hydrogen (secondary N) is 2. The van der Waals surface area contributed by atoms with Gasteiger partial charge in [0.25, 0.3) is 11.5 Å². The lowest BCUT2D eigenvalue weighted by molar-refractivity contribution is -0.122. The minimum Gasteiger partial charge on any atom is -0.350 e. The lowest BCUT2D eigenvalue weighted by Crippen LogP contribution is -2.33. The molecule has 2 aromatic carbocycles. The molecule has 4 aromatic rings. The molecule has 0 spiro atoms. The topological polar surface area (TPSA) is 120 Å². The number of rotatable bonds is 9. The van der Waals surface area contributed by atoms with Gasteiger partial charge in [-0.05, 0) is 49.9 Å². The molecule has 2 heterocycles. The van der Waals surface area contributed by atoms with Gasteiger partial charge in [-0.25, -0.2) is 13.9 Å². The molecule has 0 saturated carbocycles. The fraction of sp³-hybridized carbons (Fsp3) is 0.370. The van der Waals surface area contributed by atoms with Crippen LogP contribution in [0.4, 0.5) is 0 Å². The second kappa shape index (κ2) is 10.8. The summed E-state index contributed by atoms with van der Waals surface area (Å²) in [6.45, 7) is 8.17. The van der Waals surface area contributed by atoms with Crippen LogP contribution in [0.1, 0.15) is 50.0 Å². The average molecular weight is 505 g/mol. The van der Waals surface area contributed by atoms with Crippen LogP contribution in [-0.4, -0.2) is 36.6 Å². The van der Waals surface area contributed by atoms with E-state index >= 15 is 0 Å². The van der Waals surface area contributed by atoms with E-state index in [0.717, 1.165) is 10.2 Å². The van der Waals surface area contributed by atoms with Crippen molar-refractivity contribution in [2.45, 2.75) is 59.8 Å². The minimum atomic E-state index is -0.561. The van der Waals surface area contributed by atoms with Crippen LogP contribution >= 0.6 is 0 Å². The largest absolute Gasteiger partial charge is 0.352 e. The predicted molar refractivity (Wildman–Crippen MR) is 142 cm³/mol. The number of carbonyl (C=O) groups excluding carboxylic acids is 2. The van der Waals surface area contributed by atoms with Gasteiger partial charge >= 0.3 is 5.69 Å². The summed E-state index contributed by atoms with van der Waals surface area (Å²) < 4.78 is 3.84. The number of fused-ring (bicyclic) bond motifs is 3. The van der Waals surface area contributed by atoms with Crippen molar-refractivity contribution < 1.29 is 9.59 Å². The molecule has 37 heavy (non-hydrogen) atoms. The fourth-order valence-electron chi connectivity index (χ4n) is 4.08. The van der Waals surface area contributed by atoms with E-state index in [1.807, 2.05) is 58.0 Å². The summed E-state index contributed by atoms with van der Waals surface area (Å²) in [6, 6.07) is 14.0. The zero-order valence-electron chi connectivity index (χ0n) is 21.5. The van der Waals surface area contributed by atoms with Crippen LogP contribution in [0.2, 0.25) is 0 Å². The third kappa shape index (κ3) is 5.63. The molecule has 0 aliphatic heterocycles. The molecule has 0 saturated heterocycles. The normalized spacial score (nSPS) is 11.5. The predicted octanol–water partition coefficient (Wildman–Crippen LogP) is 2.31. The minimum absolute atomic E-state index is 0.0767. The van der Waals surface area contributed by atoms with Crippen molar-refractivity contribution in [3.63, 3.8) is 0 Å². The smallest absolute Gasteiger partial charge is 0.350 e. The van der Waals surface area contributed by atoms with Gasteiger partial charge in [0, 0.05) is 24.7 Å². The summed E-state index contributed by atoms with van der Waals surface area (Å²) in [4.78, 5) is 52.2. The number of benzene rings is 2. The first kappa shape index (κ1) is 25.9. The van der Waals surface area contributed by atoms with E-state index < -0.39 is 5.69 Å². The highest BCUT2D eigenvalue weighted by Gasteiger charge is 2.20. The number of carbonyl (C=O) groups is 2. The summed E-state index contributed by atoms with van der Waals surface area (Å²) in [5.74, 6) is -0.232. The van der Waals surface area contributed by atoms with Crippen LogP contribution in [0.25, 0.3) is 16.7 Å². The van der Waals surface area contributed by atoms with Gasteiger partial charge in [-0.1, -0.05) is 44.2 Å². The Labute approximate surface area is 213 Å². The quantitative estimate of drug-likeness (QED) is 0.363. The molecule has 194 valence electrons. The molecule has 0 radical (unpaired) electrons. The Hall–Kier alpha value is -4.21. The summed E-state index contributed by atoms with van der Waals surface area (Å²) in [5.41, 5.74) is 0.665. The molecule has 0 fully saturated rings. The van der Waals surface area contributed by atoms with Crippen LogP contribution in [0.5, 0.6) is 0 Å². The Morgan fingerprint density at radius 2 is 1.73 bits per heavy atom. The van der Waals surface area contributed by atoms with E-state index in [-0.39, 0.29) is 41.3 Å². The maximum atomic E-state index is 13.5. The van der Waals surface area contributed by atoms with Crippen molar-refractivity contribution in [1.29, 1.82) is 0 Å². The Balaban J connectivity index is 1.79. The highest BCUT2D eigenvalue weighted by molar-refractivity contribution is 5.98. The lowest BCUT2D eigenvalue weighted by atomic mass is 10.1. The van der Waals surface area contributed by atoms with Crippen molar-refractivity contribution in [2.24, 2.45) is 5.92 Å². The Bertz CT molecular complexity index is 1560. The third-order valence-electron chi connectivity index (χ3n) is 6.02. The highest BCUT2D eigenvalue weighted by Crippen LogP contribution is 2.15. The second-order valence-electron chi connectivity index (χ2n) is 9.84. The first-order chi connectivity index (χ1) is 17.7. The third-order valence-corrected chi connectivity index (χ3v) is 6.02. The molecule has 0 bridgehead atoms. The Morgan fingerprint density at radius 3 is 2.41 bits per heavy atom. The van der Waals surface area contributed by atoms with Crippen LogP contribution < -0.4 is 21.9 Å². The van der Waals surface area contributed by atoms with E-state index in [4.69, 9.17) is 0 Å². The Morgan fingerprint density at radius 1 is 1.00 bits per heavy atom. The number of aromatic nitrogens is 4. The van der Waals surface area contributed by atoms with Gasteiger partial charge in [0.2, 0.25) is 11.7 Å². The average Bonchev–Trinajstić information content (AvgIpc) is 3.18. The maximum absolute atomic E-state index is 13.5. The van der Waals surface area contributed by atoms with E-state index in [0.29, 0.717) is 36.4 Å². The lowest BCUT2D eigenvalue weighted by Gasteiger charge is -2.12. The summed E-state index contributed by atoms with van der Waals surface area (Å²) in [5, 5.41) is 10.3. The van der Waals surface area contributed by atoms with Crippen LogP contribution in [0.15, 0.2) is 58.1 Å². The van der Waals surface area contributed by atoms with Gasteiger partial charge < -0.3 is 10.6 Å². The number of hydrogen-bond donors (Lipinski definition) is 2. The molecular weight excluding hydrogens is 472 g/mol. The molecule has 2 aromatic heterocycles. The fourth-order valence-corrected chi connectivity index (χ4v) is 4.08. The summed E-state index contributed by atoms with van der Waals surface area (Å²) in [6.07, 6.45) is 0.703. The zero-order valence-corrected chi connectivity index (χ0v) is 21.5. The van der Waals surface area contributed by atoms with Gasteiger partial charge in [-0.3, -0.25) is 19.0 Å². The monoisotopic (exact) mass is 504 g/mol. The van der Waals surface area contributed by atoms with Crippen molar-refractivity contribution in [2.75, 3.05) is 0 Å². The molecule has 10 heteroatoms. The molecule has 0 unspecified atom stereocenters. The van der Waals surface area contributed by atoms with Crippen molar-refractivity contribution in [3.05, 3.63) is 80.5 Å². The standard InChI is InChI=1S/C27H32N6O4/c1-17(2)12-13-31-25(36)21-11-10-20(24(35)29-18(3)4)14-22(21)33-26(31)30-32(27(33)37)16-23(34)28-15-19-8-6-5-7-9-19/h5-11,14,17-18H,12-13,15-16H2,1-4H3,(H,28,34)(H,29,35). The second-order valence-corrected chi connectivity index (χ2v) is 9.84. The molecule has 2 N–H and O–H groups in total. The first-order valence-corrected chi connectivity index (χ1v) is 12.4. The van der Waals surface area contributed by atoms with Gasteiger partial charge in [0.15, 0.2) is 0 Å². The van der Waals surface area contributed by atoms with E-state index in [9.17, 15) is 19.2 Å². The van der Waals surface area contributed by atoms with Crippen LogP contribution in [-0.2, 0) is 24.4 Å². The molecule has 0 atom stereocenters. The maximum Gasteiger partial charge on any atom is 0.352 e. The van der Waals surface area contributed by atoms with Gasteiger partial charge in [-0.15, -0.1) is 5.10 Å². The number of aryl methyl sites for hydroxylation is 1. The number of hydrogen-bond acceptors (Lipinski definition) is 5. The Kier molecular flexibility index (Phi) is 7.56. The molecular formula is C27H32N6O4. The SMILES string of the molecule is CC(C)CCn1c(=O)c2ccc(C(=O)NC(C)C)cc2n2c(=O)n(CC(=O)NCc3ccccc3)nc12. The van der Waals surface area contributed by atoms with E-state index in [1.165, 1.54) is 15.0 Å². The number of amides is 2. The molecule has 0 aliphatic carbocycles. The molecule has 10 nitrogen and oxygen atoms in total. The zero-order chi connectivity index (χ0) is 26.7. The molecule has 4 rings (SSSR count). The molecule has 0 aliphatic rings. The summed E-state index contributed by atoms with van der Waals surface area (Å²) >= 11 is 0. The van der Waals surface area contributed by atoms with E-state index in [2.05, 4.69) is 15.7 Å². The van der Waals surface area contributed by atoms with Crippen LogP contribution in [0.3, 0.4) is 0 Å². The highest BCUT2D eigenvalue weighted by atomic mass is 16.2. The number of nitrogens with zero attached hydrogens (tertiary/aromatic N) is 4. The van der Waals surface area contributed by atoms with Crippen molar-refractivity contribution in [1.82, 2.24) is 29.4 Å².